The van der Waals surface area contributed by atoms with Crippen molar-refractivity contribution in [3.8, 4) is 11.3 Å². The second-order valence-electron chi connectivity index (χ2n) is 4.37. The van der Waals surface area contributed by atoms with Crippen LogP contribution in [0.4, 0.5) is 5.69 Å². The van der Waals surface area contributed by atoms with Gasteiger partial charge in [-0.15, -0.1) is 0 Å². The van der Waals surface area contributed by atoms with E-state index >= 15 is 0 Å². The Morgan fingerprint density at radius 1 is 1.25 bits per heavy atom. The molecule has 2 aromatic carbocycles. The lowest BCUT2D eigenvalue weighted by molar-refractivity contribution is 0.776. The Hall–Kier alpha value is -1.83. The molecule has 0 spiro atoms. The number of fused-ring (bicyclic) bond motifs is 1. The first kappa shape index (κ1) is 13.2. The maximum atomic E-state index is 7.52. The molecule has 1 aromatic heterocycles. The van der Waals surface area contributed by atoms with E-state index < -0.39 is 0 Å². The van der Waals surface area contributed by atoms with Gasteiger partial charge < -0.3 is 0 Å². The smallest absolute Gasteiger partial charge is 0.204 e. The van der Waals surface area contributed by atoms with Gasteiger partial charge in [0, 0.05) is 17.6 Å². The maximum absolute atomic E-state index is 7.52. The molecule has 3 rings (SSSR count). The lowest BCUT2D eigenvalue weighted by Crippen LogP contribution is -1.94. The minimum atomic E-state index is 0.592. The summed E-state index contributed by atoms with van der Waals surface area (Å²) in [6.45, 7) is 7.52. The van der Waals surface area contributed by atoms with Crippen LogP contribution in [0.5, 0.6) is 0 Å². The average Bonchev–Trinajstić information content (AvgIpc) is 2.77. The number of aromatic nitrogens is 2. The highest BCUT2D eigenvalue weighted by atomic mass is 79.9. The number of nitrogens with zero attached hydrogens (tertiary/aromatic N) is 3. The van der Waals surface area contributed by atoms with E-state index in [-0.39, 0.29) is 0 Å². The first-order valence-corrected chi connectivity index (χ1v) is 7.07. The van der Waals surface area contributed by atoms with Crippen LogP contribution in [-0.4, -0.2) is 9.78 Å². The van der Waals surface area contributed by atoms with Crippen LogP contribution in [0.1, 0.15) is 0 Å². The molecule has 0 saturated heterocycles. The molecule has 1 heterocycles. The van der Waals surface area contributed by atoms with Crippen molar-refractivity contribution in [1.82, 2.24) is 9.78 Å². The monoisotopic (exact) mass is 345 g/mol. The lowest BCUT2D eigenvalue weighted by atomic mass is 10.0. The van der Waals surface area contributed by atoms with Gasteiger partial charge in [0.05, 0.1) is 22.9 Å². The second kappa shape index (κ2) is 4.93. The van der Waals surface area contributed by atoms with Gasteiger partial charge in [0.25, 0.3) is 0 Å². The molecule has 0 radical (unpaired) electrons. The molecule has 20 heavy (non-hydrogen) atoms. The number of halogens is 2. The molecule has 0 saturated carbocycles. The van der Waals surface area contributed by atoms with Gasteiger partial charge in [-0.2, -0.15) is 5.10 Å². The highest BCUT2D eigenvalue weighted by Gasteiger charge is 2.16. The molecule has 98 valence electrons. The average molecular weight is 347 g/mol. The van der Waals surface area contributed by atoms with Crippen molar-refractivity contribution < 1.29 is 0 Å². The minimum Gasteiger partial charge on any atom is -0.268 e. The van der Waals surface area contributed by atoms with E-state index in [9.17, 15) is 0 Å². The largest absolute Gasteiger partial charge is 0.268 e. The molecule has 0 bridgehead atoms. The third-order valence-corrected chi connectivity index (χ3v) is 4.15. The van der Waals surface area contributed by atoms with Crippen molar-refractivity contribution in [2.24, 2.45) is 7.05 Å². The standard InChI is InChI=1S/C15H9BrClN3/c1-18-14-10-4-3-5-13(17)9(10)6-7-11(14)15-12(16)8-19-20(15)2/h3-8H,2H3. The minimum absolute atomic E-state index is 0.592. The van der Waals surface area contributed by atoms with E-state index in [1.165, 1.54) is 0 Å². The lowest BCUT2D eigenvalue weighted by Gasteiger charge is -2.10. The Morgan fingerprint density at radius 2 is 2.05 bits per heavy atom. The summed E-state index contributed by atoms with van der Waals surface area (Å²) in [5, 5.41) is 6.61. The van der Waals surface area contributed by atoms with E-state index in [4.69, 9.17) is 18.2 Å². The summed E-state index contributed by atoms with van der Waals surface area (Å²) in [4.78, 5) is 3.71. The molecule has 0 aliphatic rings. The van der Waals surface area contributed by atoms with Crippen LogP contribution in [0, 0.1) is 6.57 Å². The van der Waals surface area contributed by atoms with Gasteiger partial charge in [-0.05, 0) is 32.8 Å². The van der Waals surface area contributed by atoms with Gasteiger partial charge in [-0.1, -0.05) is 35.9 Å². The van der Waals surface area contributed by atoms with Crippen LogP contribution >= 0.6 is 27.5 Å². The van der Waals surface area contributed by atoms with Gasteiger partial charge in [-0.3, -0.25) is 4.68 Å². The van der Waals surface area contributed by atoms with E-state index in [1.54, 1.807) is 10.9 Å². The number of hydrogen-bond donors (Lipinski definition) is 0. The molecular weight excluding hydrogens is 338 g/mol. The van der Waals surface area contributed by atoms with Gasteiger partial charge >= 0.3 is 0 Å². The van der Waals surface area contributed by atoms with E-state index in [1.807, 2.05) is 37.4 Å². The SMILES string of the molecule is [C-]#[N+]c1c(-c2c(Br)cnn2C)ccc2c(Cl)cccc12. The third kappa shape index (κ3) is 1.91. The molecule has 0 atom stereocenters. The fourth-order valence-corrected chi connectivity index (χ4v) is 3.13. The van der Waals surface area contributed by atoms with Gasteiger partial charge in [-0.25, -0.2) is 4.85 Å². The van der Waals surface area contributed by atoms with Gasteiger partial charge in [0.1, 0.15) is 0 Å². The molecule has 0 amide bonds. The summed E-state index contributed by atoms with van der Waals surface area (Å²) in [6, 6.07) is 9.48. The van der Waals surface area contributed by atoms with Crippen molar-refractivity contribution >= 4 is 44.0 Å². The highest BCUT2D eigenvalue weighted by Crippen LogP contribution is 2.41. The van der Waals surface area contributed by atoms with Crippen LogP contribution < -0.4 is 0 Å². The molecule has 0 unspecified atom stereocenters. The topological polar surface area (TPSA) is 22.2 Å². The molecule has 0 aliphatic carbocycles. The van der Waals surface area contributed by atoms with Crippen LogP contribution in [0.25, 0.3) is 26.9 Å². The highest BCUT2D eigenvalue weighted by molar-refractivity contribution is 9.10. The first-order chi connectivity index (χ1) is 9.63. The van der Waals surface area contributed by atoms with Crippen molar-refractivity contribution in [1.29, 1.82) is 0 Å². The van der Waals surface area contributed by atoms with Crippen molar-refractivity contribution in [3.63, 3.8) is 0 Å². The predicted octanol–water partition coefficient (Wildman–Crippen LogP) is 5.21. The molecule has 0 aliphatic heterocycles. The molecule has 3 aromatic rings. The zero-order valence-electron chi connectivity index (χ0n) is 10.6. The van der Waals surface area contributed by atoms with Crippen LogP contribution in [0.15, 0.2) is 41.0 Å². The molecular formula is C15H9BrClN3. The number of aryl methyl sites for hydroxylation is 1. The Morgan fingerprint density at radius 3 is 2.70 bits per heavy atom. The molecule has 5 heteroatoms. The van der Waals surface area contributed by atoms with E-state index in [0.717, 1.165) is 26.5 Å². The van der Waals surface area contributed by atoms with Crippen molar-refractivity contribution in [2.75, 3.05) is 0 Å². The zero-order valence-corrected chi connectivity index (χ0v) is 12.9. The Balaban J connectivity index is 2.42. The fraction of sp³-hybridized carbons (Fsp3) is 0.0667. The first-order valence-electron chi connectivity index (χ1n) is 5.90. The quantitative estimate of drug-likeness (QED) is 0.555. The van der Waals surface area contributed by atoms with Crippen molar-refractivity contribution in [2.45, 2.75) is 0 Å². The van der Waals surface area contributed by atoms with Gasteiger partial charge in [0.2, 0.25) is 5.69 Å². The Labute approximate surface area is 129 Å². The molecule has 0 N–H and O–H groups in total. The summed E-state index contributed by atoms with van der Waals surface area (Å²) >= 11 is 9.68. The summed E-state index contributed by atoms with van der Waals surface area (Å²) in [7, 11) is 1.86. The predicted molar refractivity (Wildman–Crippen MR) is 85.1 cm³/mol. The van der Waals surface area contributed by atoms with Gasteiger partial charge in [0.15, 0.2) is 0 Å². The number of hydrogen-bond acceptors (Lipinski definition) is 1. The van der Waals surface area contributed by atoms with Crippen molar-refractivity contribution in [3.05, 3.63) is 57.4 Å². The zero-order chi connectivity index (χ0) is 14.3. The summed E-state index contributed by atoms with van der Waals surface area (Å²) in [5.74, 6) is 0. The van der Waals surface area contributed by atoms with Crippen LogP contribution in [0.2, 0.25) is 5.02 Å². The van der Waals surface area contributed by atoms with E-state index in [2.05, 4.69) is 25.9 Å². The van der Waals surface area contributed by atoms with E-state index in [0.29, 0.717) is 10.7 Å². The number of benzene rings is 2. The van der Waals surface area contributed by atoms with Crippen LogP contribution in [-0.2, 0) is 7.05 Å². The molecule has 3 nitrogen and oxygen atoms in total. The summed E-state index contributed by atoms with van der Waals surface area (Å²) in [5.41, 5.74) is 2.33. The molecule has 0 fully saturated rings. The Bertz CT molecular complexity index is 842. The normalized spacial score (nSPS) is 10.7. The fourth-order valence-electron chi connectivity index (χ4n) is 2.33. The maximum Gasteiger partial charge on any atom is 0.204 e. The summed E-state index contributed by atoms with van der Waals surface area (Å²) in [6.07, 6.45) is 1.73. The second-order valence-corrected chi connectivity index (χ2v) is 5.63. The summed E-state index contributed by atoms with van der Waals surface area (Å²) < 4.78 is 2.62. The Kier molecular flexibility index (Phi) is 3.25. The number of rotatable bonds is 1. The van der Waals surface area contributed by atoms with Crippen LogP contribution in [0.3, 0.4) is 0 Å². The third-order valence-electron chi connectivity index (χ3n) is 3.24.